The molecule has 1 aromatic carbocycles. The van der Waals surface area contributed by atoms with Crippen LogP contribution in [-0.4, -0.2) is 193 Å². The molecule has 5 rings (SSSR count). The number of aliphatic hydroxyl groups is 1. The number of carboxylic acids is 1. The minimum Gasteiger partial charge on any atom is -0.480 e. The molecule has 2 aromatic rings. The number of aromatic nitrogens is 2. The number of rotatable bonds is 31. The zero-order valence-corrected chi connectivity index (χ0v) is 48.3. The molecule has 3 fully saturated rings. The molecule has 0 radical (unpaired) electrons. The monoisotopic (exact) mass is 1160 g/mol. The quantitative estimate of drug-likeness (QED) is 0.0230. The van der Waals surface area contributed by atoms with E-state index in [2.05, 4.69) is 46.9 Å². The molecule has 458 valence electrons. The number of hydrogen-bond donors (Lipinski definition) is 12. The van der Waals surface area contributed by atoms with Crippen molar-refractivity contribution in [2.45, 2.75) is 185 Å². The molecule has 0 aliphatic carbocycles. The van der Waals surface area contributed by atoms with Crippen LogP contribution in [0.15, 0.2) is 47.8 Å². The Bertz CT molecular complexity index is 2570. The molecule has 9 amide bonds. The maximum atomic E-state index is 14.6. The van der Waals surface area contributed by atoms with E-state index in [9.17, 15) is 58.2 Å². The summed E-state index contributed by atoms with van der Waals surface area (Å²) >= 11 is 0. The van der Waals surface area contributed by atoms with E-state index in [-0.39, 0.29) is 70.0 Å². The first-order valence-electron chi connectivity index (χ1n) is 29.0. The smallest absolute Gasteiger partial charge is 0.326 e. The number of guanidine groups is 1. The lowest BCUT2D eigenvalue weighted by Gasteiger charge is -2.33. The molecule has 3 aliphatic heterocycles. The number of nitrogens with one attached hydrogen (secondary N) is 7. The van der Waals surface area contributed by atoms with Gasteiger partial charge in [0.2, 0.25) is 53.2 Å². The van der Waals surface area contributed by atoms with E-state index < -0.39 is 132 Å². The SMILES string of the molecule is CCCC[C@H](N)C(=O)N1CCC[C@H]1C(=O)N[C@H](C(=O)N[C@@H](Cc1cnc[nH]1)C(=O)N[C@@H](CO)C(=O)N[C@@H](CCCN=C(N)N)C(=O)N[C@H](C(=O)N1CCC[C@H]1C(=O)N[C@@H](Cc1ccccc1)C(=O)N1CCC[C@H]1C(=O)O)C(C)C)[C@@H](C)CC. The fourth-order valence-electron chi connectivity index (χ4n) is 10.7. The van der Waals surface area contributed by atoms with Gasteiger partial charge in [0.05, 0.1) is 19.0 Å². The molecule has 3 saturated heterocycles. The molecule has 11 atom stereocenters. The first kappa shape index (κ1) is 66.1. The lowest BCUT2D eigenvalue weighted by molar-refractivity contribution is -0.150. The first-order valence-corrected chi connectivity index (χ1v) is 29.0. The number of carboxylic acid groups (broad SMARTS) is 1. The van der Waals surface area contributed by atoms with Crippen molar-refractivity contribution in [2.75, 3.05) is 32.8 Å². The maximum Gasteiger partial charge on any atom is 0.326 e. The van der Waals surface area contributed by atoms with E-state index in [1.54, 1.807) is 51.1 Å². The maximum absolute atomic E-state index is 14.6. The Morgan fingerprint density at radius 3 is 1.80 bits per heavy atom. The van der Waals surface area contributed by atoms with Gasteiger partial charge in [0.25, 0.3) is 0 Å². The lowest BCUT2D eigenvalue weighted by atomic mass is 9.97. The number of carbonyl (C=O) groups excluding carboxylic acids is 9. The summed E-state index contributed by atoms with van der Waals surface area (Å²) in [6.07, 6.45) is 7.44. The van der Waals surface area contributed by atoms with Crippen molar-refractivity contribution >= 4 is 65.1 Å². The van der Waals surface area contributed by atoms with Gasteiger partial charge in [-0.15, -0.1) is 0 Å². The predicted molar refractivity (Wildman–Crippen MR) is 305 cm³/mol. The second-order valence-corrected chi connectivity index (χ2v) is 22.1. The Morgan fingerprint density at radius 1 is 0.663 bits per heavy atom. The largest absolute Gasteiger partial charge is 0.480 e. The number of imidazole rings is 1. The average molecular weight is 1160 g/mol. The zero-order chi connectivity index (χ0) is 60.9. The van der Waals surface area contributed by atoms with E-state index in [4.69, 9.17) is 17.2 Å². The molecule has 27 nitrogen and oxygen atoms in total. The molecule has 27 heteroatoms. The summed E-state index contributed by atoms with van der Waals surface area (Å²) in [4.78, 5) is 154. The standard InChI is InChI=1S/C56H87N15O12/c1-6-8-18-36(57)52(79)69-24-13-21-42(69)50(77)68-45(33(5)7-2)51(78)64-38(28-35-29-60-31-62-35)47(74)66-40(30-72)48(75)63-37(19-12-23-61-56(58)59)46(73)67-44(32(3)4)54(81)70-25-14-20-41(70)49(76)65-39(27-34-16-10-9-11-17-34)53(80)71-26-15-22-43(71)55(82)83/h9-11,16-17,29,31-33,36-45,72H,6-8,12-15,18-28,30,57H2,1-5H3,(H,60,62)(H,63,75)(H,64,78)(H,65,76)(H,66,74)(H,67,73)(H,68,77)(H,82,83)(H4,58,59,61)/t33-,36-,37-,38-,39-,40-,41-,42-,43-,44-,45-/m0/s1. The molecule has 15 N–H and O–H groups in total. The third-order valence-electron chi connectivity index (χ3n) is 15.6. The highest BCUT2D eigenvalue weighted by atomic mass is 16.4. The van der Waals surface area contributed by atoms with Gasteiger partial charge in [-0.3, -0.25) is 48.1 Å². The van der Waals surface area contributed by atoms with Gasteiger partial charge in [-0.1, -0.05) is 84.2 Å². The number of amides is 9. The Kier molecular flexibility index (Phi) is 25.7. The summed E-state index contributed by atoms with van der Waals surface area (Å²) in [5.74, 6) is -8.65. The number of aliphatic imine (C=N–C) groups is 1. The summed E-state index contributed by atoms with van der Waals surface area (Å²) in [5, 5.41) is 36.7. The fraction of sp³-hybridized carbons (Fsp3) is 0.643. The molecule has 0 unspecified atom stereocenters. The Labute approximate surface area is 484 Å². The van der Waals surface area contributed by atoms with Gasteiger partial charge in [0.15, 0.2) is 5.96 Å². The van der Waals surface area contributed by atoms with Crippen molar-refractivity contribution in [3.05, 3.63) is 54.1 Å². The van der Waals surface area contributed by atoms with Crippen molar-refractivity contribution in [1.82, 2.24) is 56.6 Å². The average Bonchev–Trinajstić information content (AvgIpc) is 4.42. The number of hydrogen-bond acceptors (Lipinski definition) is 14. The third-order valence-corrected chi connectivity index (χ3v) is 15.6. The van der Waals surface area contributed by atoms with Crippen molar-refractivity contribution in [1.29, 1.82) is 0 Å². The van der Waals surface area contributed by atoms with Crippen molar-refractivity contribution in [3.8, 4) is 0 Å². The second kappa shape index (κ2) is 32.2. The molecule has 0 bridgehead atoms. The summed E-state index contributed by atoms with van der Waals surface area (Å²) in [7, 11) is 0. The van der Waals surface area contributed by atoms with Gasteiger partial charge in [-0.2, -0.15) is 0 Å². The number of aliphatic carboxylic acids is 1. The highest BCUT2D eigenvalue weighted by molar-refractivity contribution is 5.99. The number of aliphatic hydroxyl groups excluding tert-OH is 1. The molecule has 0 spiro atoms. The highest BCUT2D eigenvalue weighted by Gasteiger charge is 2.44. The van der Waals surface area contributed by atoms with Crippen LogP contribution in [0.5, 0.6) is 0 Å². The minimum atomic E-state index is -1.71. The van der Waals surface area contributed by atoms with Crippen molar-refractivity contribution in [3.63, 3.8) is 0 Å². The van der Waals surface area contributed by atoms with E-state index in [1.807, 2.05) is 13.8 Å². The van der Waals surface area contributed by atoms with Crippen LogP contribution in [0.1, 0.15) is 123 Å². The number of likely N-dealkylation sites (tertiary alicyclic amines) is 3. The van der Waals surface area contributed by atoms with Crippen LogP contribution in [0.4, 0.5) is 0 Å². The van der Waals surface area contributed by atoms with Crippen LogP contribution in [0.2, 0.25) is 0 Å². The van der Waals surface area contributed by atoms with E-state index in [1.165, 1.54) is 27.2 Å². The Morgan fingerprint density at radius 2 is 1.23 bits per heavy atom. The second-order valence-electron chi connectivity index (χ2n) is 22.1. The van der Waals surface area contributed by atoms with E-state index in [0.717, 1.165) is 12.8 Å². The number of H-pyrrole nitrogens is 1. The number of carbonyl (C=O) groups is 10. The Balaban J connectivity index is 1.31. The van der Waals surface area contributed by atoms with Crippen molar-refractivity contribution < 1.29 is 58.2 Å². The number of nitrogens with zero attached hydrogens (tertiary/aromatic N) is 5. The lowest BCUT2D eigenvalue weighted by Crippen LogP contribution is -2.62. The van der Waals surface area contributed by atoms with Crippen LogP contribution < -0.4 is 49.1 Å². The van der Waals surface area contributed by atoms with Gasteiger partial charge in [-0.05, 0) is 75.2 Å². The highest BCUT2D eigenvalue weighted by Crippen LogP contribution is 2.25. The third kappa shape index (κ3) is 18.7. The van der Waals surface area contributed by atoms with Crippen LogP contribution in [-0.2, 0) is 60.8 Å². The summed E-state index contributed by atoms with van der Waals surface area (Å²) in [6.45, 7) is 8.61. The molecule has 0 saturated carbocycles. The summed E-state index contributed by atoms with van der Waals surface area (Å²) in [6, 6.07) is -2.99. The van der Waals surface area contributed by atoms with Crippen LogP contribution >= 0.6 is 0 Å². The summed E-state index contributed by atoms with van der Waals surface area (Å²) in [5.41, 5.74) is 18.4. The zero-order valence-electron chi connectivity index (χ0n) is 48.3. The van der Waals surface area contributed by atoms with Gasteiger partial charge < -0.3 is 79.0 Å². The number of nitrogens with two attached hydrogens (primary N) is 3. The topological polar surface area (TPSA) is 412 Å². The van der Waals surface area contributed by atoms with Crippen LogP contribution in [0.25, 0.3) is 0 Å². The fourth-order valence-corrected chi connectivity index (χ4v) is 10.7. The van der Waals surface area contributed by atoms with Gasteiger partial charge >= 0.3 is 5.97 Å². The number of benzene rings is 1. The molecule has 1 aromatic heterocycles. The summed E-state index contributed by atoms with van der Waals surface area (Å²) < 4.78 is 0. The van der Waals surface area contributed by atoms with E-state index >= 15 is 0 Å². The number of unbranched alkanes of at least 4 members (excludes halogenated alkanes) is 1. The Hall–Kier alpha value is -7.68. The number of aromatic amines is 1. The van der Waals surface area contributed by atoms with E-state index in [0.29, 0.717) is 56.3 Å². The minimum absolute atomic E-state index is 0.0269. The molecule has 3 aliphatic rings. The van der Waals surface area contributed by atoms with Crippen LogP contribution in [0, 0.1) is 11.8 Å². The molecule has 4 heterocycles. The van der Waals surface area contributed by atoms with Crippen LogP contribution in [0.3, 0.4) is 0 Å². The normalized spacial score (nSPS) is 19.7. The molecule has 83 heavy (non-hydrogen) atoms. The van der Waals surface area contributed by atoms with Gasteiger partial charge in [0, 0.05) is 50.9 Å². The van der Waals surface area contributed by atoms with Gasteiger partial charge in [-0.25, -0.2) is 9.78 Å². The predicted octanol–water partition coefficient (Wildman–Crippen LogP) is -1.57. The molecular weight excluding hydrogens is 1070 g/mol. The van der Waals surface area contributed by atoms with Gasteiger partial charge in [0.1, 0.15) is 54.4 Å². The molecular formula is C56H87N15O12. The van der Waals surface area contributed by atoms with Crippen molar-refractivity contribution in [2.24, 2.45) is 34.0 Å². The first-order chi connectivity index (χ1) is 39.6.